The monoisotopic (exact) mass is 291 g/mol. The third-order valence-electron chi connectivity index (χ3n) is 2.85. The topological polar surface area (TPSA) is 57.0 Å². The summed E-state index contributed by atoms with van der Waals surface area (Å²) < 4.78 is 24.0. The van der Waals surface area contributed by atoms with Gasteiger partial charge in [0.25, 0.3) is 0 Å². The number of hydrogen-bond donors (Lipinski definition) is 0. The third kappa shape index (κ3) is 2.27. The molecular weight excluding hydrogens is 281 g/mol. The van der Waals surface area contributed by atoms with Crippen molar-refractivity contribution in [1.82, 2.24) is 14.2 Å². The summed E-state index contributed by atoms with van der Waals surface area (Å²) in [7, 11) is 1.69. The second-order valence-corrected chi connectivity index (χ2v) is 4.87. The first-order valence-electron chi connectivity index (χ1n) is 5.84. The summed E-state index contributed by atoms with van der Waals surface area (Å²) in [5.74, 6) is -1.01. The molecule has 0 saturated heterocycles. The fourth-order valence-electron chi connectivity index (χ4n) is 1.91. The predicted molar refractivity (Wildman–Crippen MR) is 71.9 cm³/mol. The van der Waals surface area contributed by atoms with E-state index in [9.17, 15) is 9.18 Å². The summed E-state index contributed by atoms with van der Waals surface area (Å²) in [5, 5.41) is 6.33. The van der Waals surface area contributed by atoms with E-state index in [-0.39, 0.29) is 12.3 Å². The smallest absolute Gasteiger partial charge is 0.359 e. The number of fused-ring (bicyclic) bond motifs is 1. The van der Waals surface area contributed by atoms with Gasteiger partial charge < -0.3 is 4.74 Å². The third-order valence-corrected chi connectivity index (χ3v) is 3.45. The Bertz CT molecular complexity index is 767. The first-order chi connectivity index (χ1) is 9.65. The van der Waals surface area contributed by atoms with Crippen LogP contribution in [0, 0.1) is 5.82 Å². The second kappa shape index (κ2) is 5.01. The molecule has 0 fully saturated rings. The Morgan fingerprint density at radius 2 is 2.30 bits per heavy atom. The molecule has 20 heavy (non-hydrogen) atoms. The van der Waals surface area contributed by atoms with Crippen molar-refractivity contribution in [2.45, 2.75) is 6.61 Å². The SMILES string of the molecule is Cn1nc(C(=O)OCc2ccsn2)c2cc(F)ccc21. The first kappa shape index (κ1) is 12.7. The van der Waals surface area contributed by atoms with Crippen LogP contribution in [0.4, 0.5) is 4.39 Å². The normalized spacial score (nSPS) is 10.9. The number of esters is 1. The number of halogens is 1. The van der Waals surface area contributed by atoms with Gasteiger partial charge in [-0.1, -0.05) is 0 Å². The van der Waals surface area contributed by atoms with Crippen molar-refractivity contribution in [2.24, 2.45) is 7.05 Å². The largest absolute Gasteiger partial charge is 0.454 e. The quantitative estimate of drug-likeness (QED) is 0.696. The molecule has 5 nitrogen and oxygen atoms in total. The molecule has 0 spiro atoms. The molecule has 0 aliphatic heterocycles. The number of hydrogen-bond acceptors (Lipinski definition) is 5. The standard InChI is InChI=1S/C13H10FN3O2S/c1-17-11-3-2-8(14)6-10(11)12(15-17)13(18)19-7-9-4-5-20-16-9/h2-6H,7H2,1H3. The number of benzene rings is 1. The zero-order chi connectivity index (χ0) is 14.1. The van der Waals surface area contributed by atoms with E-state index in [4.69, 9.17) is 4.74 Å². The summed E-state index contributed by atoms with van der Waals surface area (Å²) in [6.07, 6.45) is 0. The molecule has 0 amide bonds. The van der Waals surface area contributed by atoms with Crippen molar-refractivity contribution >= 4 is 28.4 Å². The molecule has 0 atom stereocenters. The van der Waals surface area contributed by atoms with E-state index in [2.05, 4.69) is 9.47 Å². The van der Waals surface area contributed by atoms with E-state index in [0.29, 0.717) is 16.6 Å². The van der Waals surface area contributed by atoms with Gasteiger partial charge in [-0.25, -0.2) is 9.18 Å². The lowest BCUT2D eigenvalue weighted by Crippen LogP contribution is -2.07. The lowest BCUT2D eigenvalue weighted by atomic mass is 10.2. The van der Waals surface area contributed by atoms with E-state index in [1.807, 2.05) is 0 Å². The Morgan fingerprint density at radius 1 is 1.45 bits per heavy atom. The van der Waals surface area contributed by atoms with Gasteiger partial charge in [0.05, 0.1) is 11.2 Å². The van der Waals surface area contributed by atoms with Gasteiger partial charge >= 0.3 is 5.97 Å². The Balaban J connectivity index is 1.89. The van der Waals surface area contributed by atoms with Gasteiger partial charge in [-0.15, -0.1) is 0 Å². The molecule has 7 heteroatoms. The minimum Gasteiger partial charge on any atom is -0.454 e. The number of rotatable bonds is 3. The highest BCUT2D eigenvalue weighted by Gasteiger charge is 2.18. The zero-order valence-corrected chi connectivity index (χ0v) is 11.4. The summed E-state index contributed by atoms with van der Waals surface area (Å²) in [6.45, 7) is 0.0791. The second-order valence-electron chi connectivity index (χ2n) is 4.20. The highest BCUT2D eigenvalue weighted by molar-refractivity contribution is 7.03. The van der Waals surface area contributed by atoms with Crippen LogP contribution in [0.2, 0.25) is 0 Å². The molecular formula is C13H10FN3O2S. The van der Waals surface area contributed by atoms with Crippen molar-refractivity contribution in [3.05, 3.63) is 46.9 Å². The Labute approximate surface area is 117 Å². The van der Waals surface area contributed by atoms with Crippen molar-refractivity contribution in [3.63, 3.8) is 0 Å². The molecule has 2 heterocycles. The van der Waals surface area contributed by atoms with Crippen LogP contribution in [0.1, 0.15) is 16.2 Å². The molecule has 102 valence electrons. The lowest BCUT2D eigenvalue weighted by molar-refractivity contribution is 0.0463. The summed E-state index contributed by atoms with van der Waals surface area (Å²) in [6, 6.07) is 5.96. The van der Waals surface area contributed by atoms with Crippen molar-refractivity contribution in [2.75, 3.05) is 0 Å². The number of carbonyl (C=O) groups excluding carboxylic acids is 1. The molecule has 0 unspecified atom stereocenters. The van der Waals surface area contributed by atoms with Gasteiger partial charge in [0.1, 0.15) is 12.4 Å². The van der Waals surface area contributed by atoms with Crippen LogP contribution in [-0.2, 0) is 18.4 Å². The number of aryl methyl sites for hydroxylation is 1. The van der Waals surface area contributed by atoms with E-state index >= 15 is 0 Å². The maximum Gasteiger partial charge on any atom is 0.359 e. The van der Waals surface area contributed by atoms with Crippen LogP contribution in [0.25, 0.3) is 10.9 Å². The molecule has 3 aromatic rings. The van der Waals surface area contributed by atoms with Gasteiger partial charge in [0.2, 0.25) is 0 Å². The summed E-state index contributed by atoms with van der Waals surface area (Å²) in [5.41, 5.74) is 1.46. The van der Waals surface area contributed by atoms with Crippen molar-refractivity contribution in [3.8, 4) is 0 Å². The Hall–Kier alpha value is -2.28. The van der Waals surface area contributed by atoms with Gasteiger partial charge in [-0.05, 0) is 35.8 Å². The van der Waals surface area contributed by atoms with Crippen LogP contribution in [0.3, 0.4) is 0 Å². The van der Waals surface area contributed by atoms with Gasteiger partial charge in [-0.3, -0.25) is 4.68 Å². The van der Waals surface area contributed by atoms with Crippen LogP contribution in [0.5, 0.6) is 0 Å². The van der Waals surface area contributed by atoms with Crippen LogP contribution < -0.4 is 0 Å². The van der Waals surface area contributed by atoms with Gasteiger partial charge in [-0.2, -0.15) is 9.47 Å². The first-order valence-corrected chi connectivity index (χ1v) is 6.67. The lowest BCUT2D eigenvalue weighted by Gasteiger charge is -2.00. The van der Waals surface area contributed by atoms with Crippen LogP contribution >= 0.6 is 11.5 Å². The predicted octanol–water partition coefficient (Wildman–Crippen LogP) is 2.53. The minimum absolute atomic E-state index is 0.0791. The fourth-order valence-corrected chi connectivity index (χ4v) is 2.44. The highest BCUT2D eigenvalue weighted by Crippen LogP contribution is 2.20. The maximum atomic E-state index is 13.3. The Morgan fingerprint density at radius 3 is 3.05 bits per heavy atom. The fraction of sp³-hybridized carbons (Fsp3) is 0.154. The maximum absolute atomic E-state index is 13.3. The van der Waals surface area contributed by atoms with E-state index in [1.54, 1.807) is 24.6 Å². The van der Waals surface area contributed by atoms with Gasteiger partial charge in [0, 0.05) is 17.8 Å². The van der Waals surface area contributed by atoms with Crippen LogP contribution in [0.15, 0.2) is 29.6 Å². The molecule has 0 N–H and O–H groups in total. The Kier molecular flexibility index (Phi) is 3.19. The highest BCUT2D eigenvalue weighted by atomic mass is 32.1. The van der Waals surface area contributed by atoms with E-state index < -0.39 is 11.8 Å². The molecule has 3 rings (SSSR count). The summed E-state index contributed by atoms with van der Waals surface area (Å²) in [4.78, 5) is 12.0. The number of carbonyl (C=O) groups is 1. The van der Waals surface area contributed by atoms with Crippen molar-refractivity contribution < 1.29 is 13.9 Å². The van der Waals surface area contributed by atoms with Crippen molar-refractivity contribution in [1.29, 1.82) is 0 Å². The molecule has 1 aromatic carbocycles. The van der Waals surface area contributed by atoms with Gasteiger partial charge in [0.15, 0.2) is 5.69 Å². The van der Waals surface area contributed by atoms with E-state index in [1.165, 1.54) is 28.3 Å². The molecule has 0 aliphatic rings. The average molecular weight is 291 g/mol. The number of aromatic nitrogens is 3. The summed E-state index contributed by atoms with van der Waals surface area (Å²) >= 11 is 1.29. The molecule has 0 radical (unpaired) electrons. The molecule has 0 saturated carbocycles. The van der Waals surface area contributed by atoms with Crippen LogP contribution in [-0.4, -0.2) is 20.1 Å². The molecule has 0 aliphatic carbocycles. The molecule has 0 bridgehead atoms. The average Bonchev–Trinajstić information content (AvgIpc) is 3.04. The number of nitrogens with zero attached hydrogens (tertiary/aromatic N) is 3. The van der Waals surface area contributed by atoms with E-state index in [0.717, 1.165) is 0 Å². The minimum atomic E-state index is -0.589. The number of ether oxygens (including phenoxy) is 1. The molecule has 2 aromatic heterocycles. The zero-order valence-electron chi connectivity index (χ0n) is 10.5.